The Hall–Kier alpha value is -1.86. The minimum absolute atomic E-state index is 0.0715. The van der Waals surface area contributed by atoms with Crippen LogP contribution in [-0.4, -0.2) is 29.8 Å². The van der Waals surface area contributed by atoms with Gasteiger partial charge in [0.1, 0.15) is 0 Å². The van der Waals surface area contributed by atoms with Crippen molar-refractivity contribution in [2.75, 3.05) is 13.1 Å². The third-order valence-corrected chi connectivity index (χ3v) is 3.28. The van der Waals surface area contributed by atoms with Gasteiger partial charge in [-0.2, -0.15) is 0 Å². The number of carbonyl (C=O) groups excluding carboxylic acids is 2. The molecule has 0 fully saturated rings. The molecule has 114 valence electrons. The third-order valence-electron chi connectivity index (χ3n) is 2.48. The lowest BCUT2D eigenvalue weighted by molar-refractivity contribution is -0.384. The van der Waals surface area contributed by atoms with Crippen molar-refractivity contribution >= 4 is 40.7 Å². The quantitative estimate of drug-likeness (QED) is 0.615. The SMILES string of the molecule is CCNC(=O)CCNC(=O)c1cc([N+](=O)[O-])cc(Cl)c1Cl. The van der Waals surface area contributed by atoms with Crippen molar-refractivity contribution < 1.29 is 14.5 Å². The molecule has 0 radical (unpaired) electrons. The predicted molar refractivity (Wildman–Crippen MR) is 78.8 cm³/mol. The number of nitrogens with one attached hydrogen (secondary N) is 2. The summed E-state index contributed by atoms with van der Waals surface area (Å²) in [6.07, 6.45) is 0.0971. The Bertz CT molecular complexity index is 578. The van der Waals surface area contributed by atoms with E-state index in [0.29, 0.717) is 6.54 Å². The van der Waals surface area contributed by atoms with Crippen molar-refractivity contribution in [1.29, 1.82) is 0 Å². The number of nitro groups is 1. The summed E-state index contributed by atoms with van der Waals surface area (Å²) in [5.74, 6) is -0.837. The molecule has 0 bridgehead atoms. The zero-order valence-corrected chi connectivity index (χ0v) is 12.6. The van der Waals surface area contributed by atoms with E-state index in [4.69, 9.17) is 23.2 Å². The Morgan fingerprint density at radius 3 is 2.52 bits per heavy atom. The summed E-state index contributed by atoms with van der Waals surface area (Å²) >= 11 is 11.6. The Kier molecular flexibility index (Phi) is 6.39. The summed E-state index contributed by atoms with van der Waals surface area (Å²) in [7, 11) is 0. The Balaban J connectivity index is 2.78. The van der Waals surface area contributed by atoms with Gasteiger partial charge in [0.05, 0.1) is 20.5 Å². The molecule has 1 aromatic rings. The number of carbonyl (C=O) groups is 2. The first-order chi connectivity index (χ1) is 9.86. The topological polar surface area (TPSA) is 101 Å². The minimum Gasteiger partial charge on any atom is -0.356 e. The summed E-state index contributed by atoms with van der Waals surface area (Å²) in [4.78, 5) is 33.2. The average molecular weight is 334 g/mol. The first-order valence-electron chi connectivity index (χ1n) is 6.05. The van der Waals surface area contributed by atoms with Crippen LogP contribution in [0.15, 0.2) is 12.1 Å². The zero-order chi connectivity index (χ0) is 16.0. The lowest BCUT2D eigenvalue weighted by Crippen LogP contribution is -2.30. The second kappa shape index (κ2) is 7.80. The fourth-order valence-corrected chi connectivity index (χ4v) is 1.92. The molecule has 0 aliphatic rings. The van der Waals surface area contributed by atoms with Crippen LogP contribution in [0.25, 0.3) is 0 Å². The molecule has 1 rings (SSSR count). The van der Waals surface area contributed by atoms with E-state index < -0.39 is 10.8 Å². The zero-order valence-electron chi connectivity index (χ0n) is 11.1. The van der Waals surface area contributed by atoms with Gasteiger partial charge >= 0.3 is 0 Å². The lowest BCUT2D eigenvalue weighted by Gasteiger charge is -2.08. The molecule has 2 amide bonds. The molecular weight excluding hydrogens is 321 g/mol. The van der Waals surface area contributed by atoms with E-state index >= 15 is 0 Å². The van der Waals surface area contributed by atoms with Gasteiger partial charge in [-0.3, -0.25) is 19.7 Å². The number of hydrogen-bond donors (Lipinski definition) is 2. The van der Waals surface area contributed by atoms with Crippen molar-refractivity contribution in [2.45, 2.75) is 13.3 Å². The van der Waals surface area contributed by atoms with Crippen LogP contribution in [0.5, 0.6) is 0 Å². The van der Waals surface area contributed by atoms with E-state index in [1.54, 1.807) is 6.92 Å². The smallest absolute Gasteiger partial charge is 0.271 e. The molecule has 7 nitrogen and oxygen atoms in total. The fraction of sp³-hybridized carbons (Fsp3) is 0.333. The molecule has 0 aliphatic heterocycles. The maximum absolute atomic E-state index is 11.9. The minimum atomic E-state index is -0.673. The summed E-state index contributed by atoms with van der Waals surface area (Å²) in [6.45, 7) is 2.36. The number of hydrogen-bond acceptors (Lipinski definition) is 4. The molecule has 0 spiro atoms. The molecule has 0 unspecified atom stereocenters. The van der Waals surface area contributed by atoms with Gasteiger partial charge in [0.2, 0.25) is 5.91 Å². The number of non-ortho nitro benzene ring substituents is 1. The summed E-state index contributed by atoms with van der Waals surface area (Å²) in [6, 6.07) is 2.10. The van der Waals surface area contributed by atoms with Gasteiger partial charge in [0.25, 0.3) is 11.6 Å². The molecular formula is C12H13Cl2N3O4. The average Bonchev–Trinajstić information content (AvgIpc) is 2.41. The van der Waals surface area contributed by atoms with Gasteiger partial charge in [0.15, 0.2) is 0 Å². The van der Waals surface area contributed by atoms with Crippen molar-refractivity contribution in [3.8, 4) is 0 Å². The van der Waals surface area contributed by atoms with E-state index in [1.165, 1.54) is 0 Å². The van der Waals surface area contributed by atoms with Gasteiger partial charge in [-0.1, -0.05) is 23.2 Å². The predicted octanol–water partition coefficient (Wildman–Crippen LogP) is 2.16. The van der Waals surface area contributed by atoms with Gasteiger partial charge < -0.3 is 10.6 Å². The van der Waals surface area contributed by atoms with Crippen LogP contribution in [0, 0.1) is 10.1 Å². The highest BCUT2D eigenvalue weighted by molar-refractivity contribution is 6.44. The molecule has 0 atom stereocenters. The molecule has 2 N–H and O–H groups in total. The van der Waals surface area contributed by atoms with Crippen LogP contribution in [0.4, 0.5) is 5.69 Å². The summed E-state index contributed by atoms with van der Waals surface area (Å²) in [5.41, 5.74) is -0.440. The highest BCUT2D eigenvalue weighted by Crippen LogP contribution is 2.30. The van der Waals surface area contributed by atoms with Gasteiger partial charge in [-0.25, -0.2) is 0 Å². The van der Waals surface area contributed by atoms with Crippen LogP contribution in [0.2, 0.25) is 10.0 Å². The first kappa shape index (κ1) is 17.2. The van der Waals surface area contributed by atoms with Crippen molar-refractivity contribution in [3.05, 3.63) is 37.9 Å². The molecule has 0 aromatic heterocycles. The fourth-order valence-electron chi connectivity index (χ4n) is 1.52. The Labute approximate surface area is 130 Å². The Morgan fingerprint density at radius 2 is 1.95 bits per heavy atom. The van der Waals surface area contributed by atoms with Gasteiger partial charge in [-0.15, -0.1) is 0 Å². The molecule has 9 heteroatoms. The van der Waals surface area contributed by atoms with E-state index in [1.807, 2.05) is 0 Å². The molecule has 0 aliphatic carbocycles. The highest BCUT2D eigenvalue weighted by atomic mass is 35.5. The largest absolute Gasteiger partial charge is 0.356 e. The van der Waals surface area contributed by atoms with Gasteiger partial charge in [-0.05, 0) is 6.92 Å². The van der Waals surface area contributed by atoms with Crippen molar-refractivity contribution in [1.82, 2.24) is 10.6 Å². The van der Waals surface area contributed by atoms with E-state index in [-0.39, 0.29) is 40.2 Å². The number of benzene rings is 1. The summed E-state index contributed by atoms with van der Waals surface area (Å²) < 4.78 is 0. The number of halogens is 2. The van der Waals surface area contributed by atoms with E-state index in [2.05, 4.69) is 10.6 Å². The molecule has 0 saturated heterocycles. The van der Waals surface area contributed by atoms with Crippen LogP contribution in [-0.2, 0) is 4.79 Å². The van der Waals surface area contributed by atoms with E-state index in [0.717, 1.165) is 12.1 Å². The Morgan fingerprint density at radius 1 is 1.29 bits per heavy atom. The number of nitro benzene ring substituents is 1. The monoisotopic (exact) mass is 333 g/mol. The highest BCUT2D eigenvalue weighted by Gasteiger charge is 2.19. The summed E-state index contributed by atoms with van der Waals surface area (Å²) in [5, 5.41) is 15.6. The van der Waals surface area contributed by atoms with Crippen molar-refractivity contribution in [2.24, 2.45) is 0 Å². The maximum atomic E-state index is 11.9. The van der Waals surface area contributed by atoms with Crippen LogP contribution >= 0.6 is 23.2 Å². The standard InChI is InChI=1S/C12H13Cl2N3O4/c1-2-15-10(18)3-4-16-12(19)8-5-7(17(20)21)6-9(13)11(8)14/h5-6H,2-4H2,1H3,(H,15,18)(H,16,19). The molecule has 1 aromatic carbocycles. The second-order valence-corrected chi connectivity index (χ2v) is 4.79. The number of rotatable bonds is 6. The molecule has 21 heavy (non-hydrogen) atoms. The normalized spacial score (nSPS) is 10.0. The van der Waals surface area contributed by atoms with Crippen LogP contribution in [0.1, 0.15) is 23.7 Å². The van der Waals surface area contributed by atoms with Crippen molar-refractivity contribution in [3.63, 3.8) is 0 Å². The van der Waals surface area contributed by atoms with Gasteiger partial charge in [0, 0.05) is 31.6 Å². The lowest BCUT2D eigenvalue weighted by atomic mass is 10.2. The van der Waals surface area contributed by atoms with E-state index in [9.17, 15) is 19.7 Å². The molecule has 0 heterocycles. The molecule has 0 saturated carbocycles. The van der Waals surface area contributed by atoms with Crippen LogP contribution in [0.3, 0.4) is 0 Å². The second-order valence-electron chi connectivity index (χ2n) is 4.01. The third kappa shape index (κ3) is 4.87. The maximum Gasteiger partial charge on any atom is 0.271 e. The number of amides is 2. The first-order valence-corrected chi connectivity index (χ1v) is 6.80. The van der Waals surface area contributed by atoms with Crippen LogP contribution < -0.4 is 10.6 Å². The number of nitrogens with zero attached hydrogens (tertiary/aromatic N) is 1.